The van der Waals surface area contributed by atoms with Gasteiger partial charge < -0.3 is 9.47 Å². The van der Waals surface area contributed by atoms with Crippen molar-refractivity contribution in [2.75, 3.05) is 11.9 Å². The Morgan fingerprint density at radius 2 is 2.17 bits per heavy atom. The Kier molecular flexibility index (Phi) is 6.04. The zero-order valence-electron chi connectivity index (χ0n) is 9.79. The topological polar surface area (TPSA) is 35.5 Å². The average molecular weight is 323 g/mol. The van der Waals surface area contributed by atoms with Crippen LogP contribution in [-0.2, 0) is 11.2 Å². The summed E-state index contributed by atoms with van der Waals surface area (Å²) in [7, 11) is 0. The summed E-state index contributed by atoms with van der Waals surface area (Å²) in [6.07, 6.45) is 0.112. The van der Waals surface area contributed by atoms with E-state index < -0.39 is 6.61 Å². The van der Waals surface area contributed by atoms with Crippen molar-refractivity contribution in [2.24, 2.45) is 0 Å². The van der Waals surface area contributed by atoms with Gasteiger partial charge in [0.1, 0.15) is 5.78 Å². The Bertz CT molecular complexity index is 410. The van der Waals surface area contributed by atoms with Gasteiger partial charge in [-0.25, -0.2) is 0 Å². The summed E-state index contributed by atoms with van der Waals surface area (Å²) < 4.78 is 34.2. The van der Waals surface area contributed by atoms with Crippen LogP contribution in [0.1, 0.15) is 12.5 Å². The third kappa shape index (κ3) is 4.25. The summed E-state index contributed by atoms with van der Waals surface area (Å²) in [5, 5.41) is 0.207. The molecule has 0 aliphatic carbocycles. The SMILES string of the molecule is CCOc1c(CC(=O)CBr)cccc1OC(F)F. The first-order valence-corrected chi connectivity index (χ1v) is 6.47. The van der Waals surface area contributed by atoms with Crippen molar-refractivity contribution >= 4 is 21.7 Å². The number of halogens is 3. The summed E-state index contributed by atoms with van der Waals surface area (Å²) in [4.78, 5) is 11.4. The quantitative estimate of drug-likeness (QED) is 0.723. The van der Waals surface area contributed by atoms with Crippen molar-refractivity contribution in [2.45, 2.75) is 20.0 Å². The molecule has 0 radical (unpaired) electrons. The molecule has 0 N–H and O–H groups in total. The largest absolute Gasteiger partial charge is 0.490 e. The number of para-hydroxylation sites is 1. The first-order chi connectivity index (χ1) is 8.58. The molecular formula is C12H13BrF2O3. The van der Waals surface area contributed by atoms with Gasteiger partial charge in [-0.15, -0.1) is 0 Å². The number of rotatable bonds is 7. The molecule has 0 saturated carbocycles. The molecule has 18 heavy (non-hydrogen) atoms. The van der Waals surface area contributed by atoms with Gasteiger partial charge >= 0.3 is 6.61 Å². The van der Waals surface area contributed by atoms with E-state index >= 15 is 0 Å². The Balaban J connectivity index is 3.04. The van der Waals surface area contributed by atoms with E-state index in [-0.39, 0.29) is 29.0 Å². The molecule has 6 heteroatoms. The van der Waals surface area contributed by atoms with Crippen LogP contribution in [0, 0.1) is 0 Å². The maximum atomic E-state index is 12.2. The number of benzene rings is 1. The van der Waals surface area contributed by atoms with Gasteiger partial charge in [-0.2, -0.15) is 8.78 Å². The van der Waals surface area contributed by atoms with Crippen molar-refractivity contribution in [1.82, 2.24) is 0 Å². The highest BCUT2D eigenvalue weighted by molar-refractivity contribution is 9.09. The molecular weight excluding hydrogens is 310 g/mol. The highest BCUT2D eigenvalue weighted by Gasteiger charge is 2.16. The summed E-state index contributed by atoms with van der Waals surface area (Å²) in [5.74, 6) is 0.0893. The van der Waals surface area contributed by atoms with Gasteiger partial charge in [0.2, 0.25) is 0 Å². The monoisotopic (exact) mass is 322 g/mol. The van der Waals surface area contributed by atoms with Gasteiger partial charge in [0.15, 0.2) is 11.5 Å². The van der Waals surface area contributed by atoms with E-state index in [0.29, 0.717) is 12.2 Å². The molecule has 0 aliphatic heterocycles. The van der Waals surface area contributed by atoms with Crippen LogP contribution in [0.5, 0.6) is 11.5 Å². The number of carbonyl (C=O) groups is 1. The minimum absolute atomic E-state index is 0.0493. The fourth-order valence-corrected chi connectivity index (χ4v) is 1.66. The number of Topliss-reactive ketones (excluding diaryl/α,β-unsaturated/α-hetero) is 1. The molecule has 3 nitrogen and oxygen atoms in total. The third-order valence-electron chi connectivity index (χ3n) is 2.10. The molecule has 0 amide bonds. The molecule has 0 fully saturated rings. The van der Waals surface area contributed by atoms with E-state index in [1.807, 2.05) is 0 Å². The van der Waals surface area contributed by atoms with Gasteiger partial charge in [0.05, 0.1) is 11.9 Å². The predicted molar refractivity (Wildman–Crippen MR) is 66.7 cm³/mol. The van der Waals surface area contributed by atoms with E-state index in [1.54, 1.807) is 19.1 Å². The second-order valence-electron chi connectivity index (χ2n) is 3.40. The zero-order chi connectivity index (χ0) is 13.5. The van der Waals surface area contributed by atoms with Crippen LogP contribution in [0.25, 0.3) is 0 Å². The van der Waals surface area contributed by atoms with E-state index in [2.05, 4.69) is 20.7 Å². The highest BCUT2D eigenvalue weighted by Crippen LogP contribution is 2.33. The zero-order valence-corrected chi connectivity index (χ0v) is 11.4. The molecule has 0 aromatic heterocycles. The first kappa shape index (κ1) is 14.9. The molecule has 0 atom stereocenters. The van der Waals surface area contributed by atoms with Crippen molar-refractivity contribution < 1.29 is 23.0 Å². The fourth-order valence-electron chi connectivity index (χ4n) is 1.46. The predicted octanol–water partition coefficient (Wildman–Crippen LogP) is 3.19. The Morgan fingerprint density at radius 1 is 1.44 bits per heavy atom. The summed E-state index contributed by atoms with van der Waals surface area (Å²) in [6, 6.07) is 4.60. The minimum Gasteiger partial charge on any atom is -0.490 e. The minimum atomic E-state index is -2.92. The van der Waals surface area contributed by atoms with E-state index in [4.69, 9.17) is 4.74 Å². The summed E-state index contributed by atoms with van der Waals surface area (Å²) >= 11 is 3.05. The van der Waals surface area contributed by atoms with Crippen LogP contribution in [0.3, 0.4) is 0 Å². The molecule has 0 unspecified atom stereocenters. The number of alkyl halides is 3. The summed E-state index contributed by atoms with van der Waals surface area (Å²) in [5.41, 5.74) is 0.541. The van der Waals surface area contributed by atoms with Crippen LogP contribution < -0.4 is 9.47 Å². The van der Waals surface area contributed by atoms with Gasteiger partial charge in [0, 0.05) is 12.0 Å². The van der Waals surface area contributed by atoms with Gasteiger partial charge in [-0.3, -0.25) is 4.79 Å². The van der Waals surface area contributed by atoms with Gasteiger partial charge in [0.25, 0.3) is 0 Å². The van der Waals surface area contributed by atoms with Crippen LogP contribution in [0.2, 0.25) is 0 Å². The van der Waals surface area contributed by atoms with Gasteiger partial charge in [-0.05, 0) is 13.0 Å². The van der Waals surface area contributed by atoms with Crippen LogP contribution in [0.4, 0.5) is 8.78 Å². The van der Waals surface area contributed by atoms with E-state index in [1.165, 1.54) is 6.07 Å². The van der Waals surface area contributed by atoms with Crippen molar-refractivity contribution in [1.29, 1.82) is 0 Å². The number of ether oxygens (including phenoxy) is 2. The van der Waals surface area contributed by atoms with Gasteiger partial charge in [-0.1, -0.05) is 28.1 Å². The molecule has 100 valence electrons. The second kappa shape index (κ2) is 7.31. The van der Waals surface area contributed by atoms with E-state index in [0.717, 1.165) is 0 Å². The first-order valence-electron chi connectivity index (χ1n) is 5.35. The smallest absolute Gasteiger partial charge is 0.387 e. The molecule has 1 rings (SSSR count). The molecule has 0 heterocycles. The average Bonchev–Trinajstić information content (AvgIpc) is 2.32. The molecule has 1 aromatic rings. The third-order valence-corrected chi connectivity index (χ3v) is 2.73. The molecule has 0 aliphatic rings. The maximum Gasteiger partial charge on any atom is 0.387 e. The van der Waals surface area contributed by atoms with Crippen molar-refractivity contribution in [3.8, 4) is 11.5 Å². The number of hydrogen-bond donors (Lipinski definition) is 0. The summed E-state index contributed by atoms with van der Waals surface area (Å²) in [6.45, 7) is -0.889. The van der Waals surface area contributed by atoms with Crippen molar-refractivity contribution in [3.05, 3.63) is 23.8 Å². The Morgan fingerprint density at radius 3 is 2.72 bits per heavy atom. The van der Waals surface area contributed by atoms with E-state index in [9.17, 15) is 13.6 Å². The standard InChI is InChI=1S/C12H13BrF2O3/c1-2-17-11-8(6-9(16)7-13)4-3-5-10(11)18-12(14)15/h3-5,12H,2,6-7H2,1H3. The second-order valence-corrected chi connectivity index (χ2v) is 3.97. The molecule has 0 saturated heterocycles. The lowest BCUT2D eigenvalue weighted by molar-refractivity contribution is -0.115. The molecule has 0 spiro atoms. The Hall–Kier alpha value is -1.17. The van der Waals surface area contributed by atoms with Crippen LogP contribution in [0.15, 0.2) is 18.2 Å². The van der Waals surface area contributed by atoms with Crippen LogP contribution in [-0.4, -0.2) is 24.3 Å². The maximum absolute atomic E-state index is 12.2. The highest BCUT2D eigenvalue weighted by atomic mass is 79.9. The fraction of sp³-hybridized carbons (Fsp3) is 0.417. The lowest BCUT2D eigenvalue weighted by atomic mass is 10.1. The lowest BCUT2D eigenvalue weighted by Crippen LogP contribution is -2.09. The normalized spacial score (nSPS) is 10.5. The lowest BCUT2D eigenvalue weighted by Gasteiger charge is -2.14. The Labute approximate surface area is 112 Å². The molecule has 1 aromatic carbocycles. The van der Waals surface area contributed by atoms with Crippen molar-refractivity contribution in [3.63, 3.8) is 0 Å². The number of ketones is 1. The number of carbonyl (C=O) groups excluding carboxylic acids is 1. The number of hydrogen-bond acceptors (Lipinski definition) is 3. The molecule has 0 bridgehead atoms. The van der Waals surface area contributed by atoms with Crippen LogP contribution >= 0.6 is 15.9 Å².